The van der Waals surface area contributed by atoms with E-state index in [2.05, 4.69) is 25.8 Å². The number of methoxy groups -OCH3 is 1. The Hall–Kier alpha value is -2.68. The van der Waals surface area contributed by atoms with Gasteiger partial charge in [-0.15, -0.1) is 0 Å². The Morgan fingerprint density at radius 1 is 1.56 bits per heavy atom. The highest BCUT2D eigenvalue weighted by Gasteiger charge is 2.25. The Bertz CT molecular complexity index is 713. The van der Waals surface area contributed by atoms with E-state index < -0.39 is 11.9 Å². The molecule has 0 saturated carbocycles. The van der Waals surface area contributed by atoms with Gasteiger partial charge in [0.05, 0.1) is 19.6 Å². The van der Waals surface area contributed by atoms with Crippen LogP contribution in [0.5, 0.6) is 5.88 Å². The number of primary amides is 1. The highest BCUT2D eigenvalue weighted by Crippen LogP contribution is 2.26. The van der Waals surface area contributed by atoms with Gasteiger partial charge in [-0.05, 0) is 25.5 Å². The van der Waals surface area contributed by atoms with E-state index in [4.69, 9.17) is 15.0 Å². The van der Waals surface area contributed by atoms with Crippen LogP contribution in [0.2, 0.25) is 0 Å². The molecule has 1 saturated heterocycles. The number of hydrogen-bond donors (Lipinski definition) is 3. The van der Waals surface area contributed by atoms with Crippen molar-refractivity contribution in [1.82, 2.24) is 20.4 Å². The van der Waals surface area contributed by atoms with Crippen LogP contribution < -0.4 is 21.1 Å². The summed E-state index contributed by atoms with van der Waals surface area (Å²) in [6.07, 6.45) is 4.88. The van der Waals surface area contributed by atoms with Crippen LogP contribution in [-0.2, 0) is 4.79 Å². The van der Waals surface area contributed by atoms with Crippen molar-refractivity contribution in [3.63, 3.8) is 0 Å². The molecule has 1 amide bonds. The molecule has 25 heavy (non-hydrogen) atoms. The Kier molecular flexibility index (Phi) is 5.44. The average Bonchev–Trinajstić information content (AvgIpc) is 3.12. The summed E-state index contributed by atoms with van der Waals surface area (Å²) in [5.74, 6) is 0.935. The number of rotatable bonds is 7. The molecule has 1 aliphatic heterocycles. The molecule has 2 aromatic heterocycles. The zero-order chi connectivity index (χ0) is 17.6. The predicted molar refractivity (Wildman–Crippen MR) is 89.9 cm³/mol. The number of hydrogen-bond acceptors (Lipinski definition) is 8. The highest BCUT2D eigenvalue weighted by molar-refractivity contribution is 5.75. The van der Waals surface area contributed by atoms with Gasteiger partial charge in [0.25, 0.3) is 0 Å². The third-order valence-electron chi connectivity index (χ3n) is 4.07. The topological polar surface area (TPSA) is 128 Å². The van der Waals surface area contributed by atoms with Crippen molar-refractivity contribution in [3.8, 4) is 5.88 Å². The van der Waals surface area contributed by atoms with E-state index >= 15 is 0 Å². The maximum Gasteiger partial charge on any atom is 0.249 e. The molecule has 1 aliphatic rings. The molecule has 0 aromatic carbocycles. The van der Waals surface area contributed by atoms with Crippen molar-refractivity contribution in [1.29, 1.82) is 0 Å². The Labute approximate surface area is 145 Å². The number of nitrogens with zero attached hydrogens (tertiary/aromatic N) is 3. The van der Waals surface area contributed by atoms with E-state index in [1.807, 2.05) is 0 Å². The molecule has 2 aromatic rings. The Balaban J connectivity index is 1.78. The molecule has 3 heterocycles. The fourth-order valence-electron chi connectivity index (χ4n) is 2.82. The van der Waals surface area contributed by atoms with Gasteiger partial charge in [0, 0.05) is 18.0 Å². The molecule has 3 rings (SSSR count). The zero-order valence-electron chi connectivity index (χ0n) is 14.1. The van der Waals surface area contributed by atoms with E-state index in [-0.39, 0.29) is 12.5 Å². The van der Waals surface area contributed by atoms with Crippen LogP contribution in [0.4, 0.5) is 5.69 Å². The summed E-state index contributed by atoms with van der Waals surface area (Å²) < 4.78 is 10.5. The van der Waals surface area contributed by atoms with Gasteiger partial charge in [0.15, 0.2) is 5.82 Å². The minimum atomic E-state index is -0.519. The lowest BCUT2D eigenvalue weighted by molar-refractivity contribution is -0.118. The van der Waals surface area contributed by atoms with Crippen LogP contribution in [0.1, 0.15) is 49.5 Å². The summed E-state index contributed by atoms with van der Waals surface area (Å²) in [6, 6.07) is 3.04. The SMILES string of the molecule is COc1cc(N[C@@H](CC(N)=O)c2nc([C@@H]3CCCCN3)no2)ccn1. The number of pyridine rings is 1. The molecule has 0 radical (unpaired) electrons. The number of carbonyl (C=O) groups is 1. The average molecular weight is 346 g/mol. The lowest BCUT2D eigenvalue weighted by Crippen LogP contribution is -2.27. The molecule has 1 fully saturated rings. The summed E-state index contributed by atoms with van der Waals surface area (Å²) in [6.45, 7) is 0.939. The molecule has 0 unspecified atom stereocenters. The Morgan fingerprint density at radius 3 is 3.16 bits per heavy atom. The lowest BCUT2D eigenvalue weighted by atomic mass is 10.0. The maximum absolute atomic E-state index is 11.4. The molecule has 0 bridgehead atoms. The number of aromatic nitrogens is 3. The van der Waals surface area contributed by atoms with Gasteiger partial charge in [-0.3, -0.25) is 4.79 Å². The van der Waals surface area contributed by atoms with Crippen LogP contribution in [0.15, 0.2) is 22.9 Å². The van der Waals surface area contributed by atoms with Crippen molar-refractivity contribution in [2.45, 2.75) is 37.8 Å². The molecule has 9 heteroatoms. The maximum atomic E-state index is 11.4. The summed E-state index contributed by atoms with van der Waals surface area (Å²) in [4.78, 5) is 20.0. The van der Waals surface area contributed by atoms with Gasteiger partial charge in [0.1, 0.15) is 6.04 Å². The largest absolute Gasteiger partial charge is 0.481 e. The number of anilines is 1. The summed E-state index contributed by atoms with van der Waals surface area (Å²) in [5, 5.41) is 10.6. The minimum Gasteiger partial charge on any atom is -0.481 e. The van der Waals surface area contributed by atoms with E-state index in [0.717, 1.165) is 25.8 Å². The standard InChI is InChI=1S/C16H22N6O3/c1-24-14-8-10(5-7-19-14)20-12(9-13(17)23)16-21-15(22-25-16)11-4-2-3-6-18-11/h5,7-8,11-12,18H,2-4,6,9H2,1H3,(H2,17,23)(H,19,20)/t11-,12-/m0/s1. The third kappa shape index (κ3) is 4.44. The molecule has 2 atom stereocenters. The van der Waals surface area contributed by atoms with Crippen LogP contribution in [-0.4, -0.2) is 34.7 Å². The Morgan fingerprint density at radius 2 is 2.44 bits per heavy atom. The second-order valence-corrected chi connectivity index (χ2v) is 5.95. The summed E-state index contributed by atoms with van der Waals surface area (Å²) >= 11 is 0. The van der Waals surface area contributed by atoms with Gasteiger partial charge >= 0.3 is 0 Å². The molecule has 134 valence electrons. The first-order valence-electron chi connectivity index (χ1n) is 8.27. The van der Waals surface area contributed by atoms with Gasteiger partial charge in [-0.1, -0.05) is 11.6 Å². The second kappa shape index (κ2) is 7.93. The third-order valence-corrected chi connectivity index (χ3v) is 4.07. The second-order valence-electron chi connectivity index (χ2n) is 5.95. The smallest absolute Gasteiger partial charge is 0.249 e. The zero-order valence-corrected chi connectivity index (χ0v) is 14.1. The fourth-order valence-corrected chi connectivity index (χ4v) is 2.82. The summed E-state index contributed by atoms with van der Waals surface area (Å²) in [7, 11) is 1.54. The normalized spacial score (nSPS) is 18.5. The van der Waals surface area contributed by atoms with E-state index in [0.29, 0.717) is 23.3 Å². The van der Waals surface area contributed by atoms with Gasteiger partial charge in [-0.2, -0.15) is 4.98 Å². The first kappa shape index (κ1) is 17.2. The number of carbonyl (C=O) groups excluding carboxylic acids is 1. The van der Waals surface area contributed by atoms with Crippen LogP contribution in [0, 0.1) is 0 Å². The number of ether oxygens (including phenoxy) is 1. The monoisotopic (exact) mass is 346 g/mol. The first-order chi connectivity index (χ1) is 12.2. The number of nitrogens with two attached hydrogens (primary N) is 1. The number of nitrogens with one attached hydrogen (secondary N) is 2. The van der Waals surface area contributed by atoms with Crippen LogP contribution >= 0.6 is 0 Å². The predicted octanol–water partition coefficient (Wildman–Crippen LogP) is 1.32. The first-order valence-corrected chi connectivity index (χ1v) is 8.27. The van der Waals surface area contributed by atoms with Crippen molar-refractivity contribution < 1.29 is 14.1 Å². The van der Waals surface area contributed by atoms with Crippen LogP contribution in [0.3, 0.4) is 0 Å². The molecule has 9 nitrogen and oxygen atoms in total. The number of piperidine rings is 1. The lowest BCUT2D eigenvalue weighted by Gasteiger charge is -2.20. The minimum absolute atomic E-state index is 0.0321. The number of amides is 1. The molecule has 0 spiro atoms. The van der Waals surface area contributed by atoms with Crippen molar-refractivity contribution >= 4 is 11.6 Å². The fraction of sp³-hybridized carbons (Fsp3) is 0.500. The van der Waals surface area contributed by atoms with Crippen molar-refractivity contribution in [2.24, 2.45) is 5.73 Å². The van der Waals surface area contributed by atoms with Gasteiger partial charge in [-0.25, -0.2) is 4.98 Å². The molecular weight excluding hydrogens is 324 g/mol. The van der Waals surface area contributed by atoms with Gasteiger partial charge < -0.3 is 25.6 Å². The molecule has 4 N–H and O–H groups in total. The molecular formula is C16H22N6O3. The highest BCUT2D eigenvalue weighted by atomic mass is 16.5. The van der Waals surface area contributed by atoms with Crippen molar-refractivity contribution in [2.75, 3.05) is 19.0 Å². The van der Waals surface area contributed by atoms with Crippen molar-refractivity contribution in [3.05, 3.63) is 30.0 Å². The van der Waals surface area contributed by atoms with E-state index in [1.54, 1.807) is 18.3 Å². The van der Waals surface area contributed by atoms with Crippen LogP contribution in [0.25, 0.3) is 0 Å². The quantitative estimate of drug-likeness (QED) is 0.684. The van der Waals surface area contributed by atoms with E-state index in [9.17, 15) is 4.79 Å². The molecule has 0 aliphatic carbocycles. The van der Waals surface area contributed by atoms with E-state index in [1.165, 1.54) is 7.11 Å². The van der Waals surface area contributed by atoms with Gasteiger partial charge in [0.2, 0.25) is 17.7 Å². The summed E-state index contributed by atoms with van der Waals surface area (Å²) in [5.41, 5.74) is 6.09.